The third-order valence-corrected chi connectivity index (χ3v) is 1.85. The standard InChI is InChI=1S/C7H6BrCl2N/c8-4-11-7-2-5(9)1-6(10)3-7/h1-3,11H,4H2. The van der Waals surface area contributed by atoms with Gasteiger partial charge >= 0.3 is 0 Å². The lowest BCUT2D eigenvalue weighted by atomic mass is 10.3. The summed E-state index contributed by atoms with van der Waals surface area (Å²) >= 11 is 14.7. The van der Waals surface area contributed by atoms with E-state index >= 15 is 0 Å². The highest BCUT2D eigenvalue weighted by atomic mass is 79.9. The SMILES string of the molecule is Clc1cc(Cl)cc(NCBr)c1. The van der Waals surface area contributed by atoms with E-state index in [4.69, 9.17) is 23.2 Å². The molecule has 0 aliphatic rings. The molecular formula is C7H6BrCl2N. The van der Waals surface area contributed by atoms with Crippen LogP contribution in [0.1, 0.15) is 0 Å². The number of rotatable bonds is 2. The summed E-state index contributed by atoms with van der Waals surface area (Å²) in [6, 6.07) is 5.33. The molecule has 0 spiro atoms. The van der Waals surface area contributed by atoms with Gasteiger partial charge in [-0.25, -0.2) is 0 Å². The second kappa shape index (κ2) is 4.19. The number of benzene rings is 1. The van der Waals surface area contributed by atoms with Crippen molar-refractivity contribution in [1.29, 1.82) is 0 Å². The zero-order valence-corrected chi connectivity index (χ0v) is 8.67. The molecule has 0 heterocycles. The van der Waals surface area contributed by atoms with Gasteiger partial charge in [-0.05, 0) is 18.2 Å². The van der Waals surface area contributed by atoms with E-state index in [9.17, 15) is 0 Å². The highest BCUT2D eigenvalue weighted by Crippen LogP contribution is 2.22. The van der Waals surface area contributed by atoms with Crippen molar-refractivity contribution in [2.24, 2.45) is 0 Å². The quantitative estimate of drug-likeness (QED) is 0.626. The van der Waals surface area contributed by atoms with Gasteiger partial charge in [0.15, 0.2) is 0 Å². The number of hydrogen-bond donors (Lipinski definition) is 1. The Bertz CT molecular complexity index is 232. The van der Waals surface area contributed by atoms with Crippen LogP contribution >= 0.6 is 39.1 Å². The van der Waals surface area contributed by atoms with Crippen LogP contribution in [0.4, 0.5) is 5.69 Å². The molecule has 0 saturated heterocycles. The molecule has 1 aromatic rings. The van der Waals surface area contributed by atoms with E-state index in [0.717, 1.165) is 5.69 Å². The van der Waals surface area contributed by atoms with E-state index in [2.05, 4.69) is 21.2 Å². The molecule has 0 aliphatic heterocycles. The van der Waals surface area contributed by atoms with Crippen molar-refractivity contribution in [3.8, 4) is 0 Å². The van der Waals surface area contributed by atoms with E-state index in [1.165, 1.54) is 0 Å². The van der Waals surface area contributed by atoms with Gasteiger partial charge in [-0.15, -0.1) is 0 Å². The third kappa shape index (κ3) is 2.89. The number of alkyl halides is 1. The summed E-state index contributed by atoms with van der Waals surface area (Å²) in [5.41, 5.74) is 1.60. The maximum Gasteiger partial charge on any atom is 0.0707 e. The van der Waals surface area contributed by atoms with Crippen LogP contribution in [-0.2, 0) is 0 Å². The van der Waals surface area contributed by atoms with Crippen molar-refractivity contribution in [2.75, 3.05) is 10.8 Å². The number of nitrogens with one attached hydrogen (secondary N) is 1. The van der Waals surface area contributed by atoms with E-state index in [-0.39, 0.29) is 0 Å². The number of halogens is 3. The van der Waals surface area contributed by atoms with Gasteiger partial charge in [0.1, 0.15) is 0 Å². The Morgan fingerprint density at radius 1 is 1.18 bits per heavy atom. The van der Waals surface area contributed by atoms with Crippen LogP contribution in [0.5, 0.6) is 0 Å². The van der Waals surface area contributed by atoms with Gasteiger partial charge in [-0.3, -0.25) is 0 Å². The second-order valence-electron chi connectivity index (χ2n) is 1.97. The van der Waals surface area contributed by atoms with E-state index in [0.29, 0.717) is 15.5 Å². The molecule has 0 atom stereocenters. The molecule has 60 valence electrons. The molecule has 1 nitrogen and oxygen atoms in total. The number of hydrogen-bond acceptors (Lipinski definition) is 1. The van der Waals surface area contributed by atoms with Crippen LogP contribution < -0.4 is 5.32 Å². The average molecular weight is 255 g/mol. The Kier molecular flexibility index (Phi) is 3.49. The fourth-order valence-corrected chi connectivity index (χ4v) is 1.58. The molecule has 0 fully saturated rings. The van der Waals surface area contributed by atoms with Gasteiger partial charge in [0.25, 0.3) is 0 Å². The molecule has 11 heavy (non-hydrogen) atoms. The first-order valence-corrected chi connectivity index (χ1v) is 4.86. The lowest BCUT2D eigenvalue weighted by molar-refractivity contribution is 1.48. The summed E-state index contributed by atoms with van der Waals surface area (Å²) in [5.74, 6) is 0. The summed E-state index contributed by atoms with van der Waals surface area (Å²) in [6.45, 7) is 0. The molecule has 1 rings (SSSR count). The smallest absolute Gasteiger partial charge is 0.0707 e. The average Bonchev–Trinajstić information content (AvgIpc) is 1.85. The van der Waals surface area contributed by atoms with Crippen molar-refractivity contribution in [1.82, 2.24) is 0 Å². The zero-order chi connectivity index (χ0) is 8.27. The highest BCUT2D eigenvalue weighted by molar-refractivity contribution is 9.09. The lowest BCUT2D eigenvalue weighted by Gasteiger charge is -2.02. The minimum Gasteiger partial charge on any atom is -0.375 e. The Balaban J connectivity index is 2.89. The van der Waals surface area contributed by atoms with Crippen molar-refractivity contribution in [2.45, 2.75) is 0 Å². The first kappa shape index (κ1) is 9.17. The second-order valence-corrected chi connectivity index (χ2v) is 3.40. The first-order valence-electron chi connectivity index (χ1n) is 2.98. The third-order valence-electron chi connectivity index (χ3n) is 1.13. The van der Waals surface area contributed by atoms with E-state index < -0.39 is 0 Å². The van der Waals surface area contributed by atoms with Gasteiger partial charge in [0.05, 0.1) is 5.45 Å². The fraction of sp³-hybridized carbons (Fsp3) is 0.143. The number of anilines is 1. The minimum absolute atomic E-state index is 0.640. The maximum absolute atomic E-state index is 5.75. The van der Waals surface area contributed by atoms with Crippen LogP contribution in [-0.4, -0.2) is 5.45 Å². The zero-order valence-electron chi connectivity index (χ0n) is 5.57. The molecule has 1 aromatic carbocycles. The molecule has 0 saturated carbocycles. The molecule has 0 radical (unpaired) electrons. The van der Waals surface area contributed by atoms with Crippen LogP contribution in [0, 0.1) is 0 Å². The predicted octanol–water partition coefficient (Wildman–Crippen LogP) is 3.76. The van der Waals surface area contributed by atoms with Crippen LogP contribution in [0.2, 0.25) is 10.0 Å². The van der Waals surface area contributed by atoms with Crippen molar-refractivity contribution in [3.63, 3.8) is 0 Å². The Hall–Kier alpha value is 0.0800. The van der Waals surface area contributed by atoms with Gasteiger partial charge in [-0.1, -0.05) is 39.1 Å². The molecular weight excluding hydrogens is 249 g/mol. The summed E-state index contributed by atoms with van der Waals surface area (Å²) in [5, 5.41) is 4.32. The van der Waals surface area contributed by atoms with E-state index in [1.54, 1.807) is 6.07 Å². The highest BCUT2D eigenvalue weighted by Gasteiger charge is 1.95. The predicted molar refractivity (Wildman–Crippen MR) is 53.9 cm³/mol. The van der Waals surface area contributed by atoms with Gasteiger partial charge in [0.2, 0.25) is 0 Å². The maximum atomic E-state index is 5.75. The summed E-state index contributed by atoms with van der Waals surface area (Å²) in [6.07, 6.45) is 0. The van der Waals surface area contributed by atoms with Crippen molar-refractivity contribution >= 4 is 44.8 Å². The van der Waals surface area contributed by atoms with E-state index in [1.807, 2.05) is 12.1 Å². The summed E-state index contributed by atoms with van der Waals surface area (Å²) < 4.78 is 0. The van der Waals surface area contributed by atoms with Gasteiger partial charge < -0.3 is 5.32 Å². The summed E-state index contributed by atoms with van der Waals surface area (Å²) in [4.78, 5) is 0. The Labute approximate surface area is 83.8 Å². The molecule has 0 unspecified atom stereocenters. The molecule has 0 bridgehead atoms. The molecule has 4 heteroatoms. The minimum atomic E-state index is 0.640. The normalized spacial score (nSPS) is 9.73. The largest absolute Gasteiger partial charge is 0.375 e. The Morgan fingerprint density at radius 3 is 2.18 bits per heavy atom. The van der Waals surface area contributed by atoms with Crippen molar-refractivity contribution < 1.29 is 0 Å². The molecule has 0 aromatic heterocycles. The van der Waals surface area contributed by atoms with Crippen LogP contribution in [0.3, 0.4) is 0 Å². The fourth-order valence-electron chi connectivity index (χ4n) is 0.733. The molecule has 0 aliphatic carbocycles. The van der Waals surface area contributed by atoms with Crippen molar-refractivity contribution in [3.05, 3.63) is 28.2 Å². The Morgan fingerprint density at radius 2 is 1.73 bits per heavy atom. The molecule has 1 N–H and O–H groups in total. The van der Waals surface area contributed by atoms with Crippen LogP contribution in [0.15, 0.2) is 18.2 Å². The monoisotopic (exact) mass is 253 g/mol. The van der Waals surface area contributed by atoms with Crippen LogP contribution in [0.25, 0.3) is 0 Å². The lowest BCUT2D eigenvalue weighted by Crippen LogP contribution is -1.92. The summed E-state index contributed by atoms with van der Waals surface area (Å²) in [7, 11) is 0. The first-order chi connectivity index (χ1) is 5.22. The van der Waals surface area contributed by atoms with Gasteiger partial charge in [0, 0.05) is 15.7 Å². The topological polar surface area (TPSA) is 12.0 Å². The molecule has 0 amide bonds. The van der Waals surface area contributed by atoms with Gasteiger partial charge in [-0.2, -0.15) is 0 Å².